The Bertz CT molecular complexity index is 189. The SMILES string of the molecule is CC1CCN(C/C=C/C(=O)O)C1. The Morgan fingerprint density at radius 1 is 1.75 bits per heavy atom. The third kappa shape index (κ3) is 3.05. The molecule has 0 aromatic heterocycles. The fraction of sp³-hybridized carbons (Fsp3) is 0.667. The van der Waals surface area contributed by atoms with Crippen LogP contribution in [0.5, 0.6) is 0 Å². The minimum Gasteiger partial charge on any atom is -0.478 e. The van der Waals surface area contributed by atoms with Gasteiger partial charge in [-0.3, -0.25) is 4.90 Å². The minimum absolute atomic E-state index is 0.767. The number of hydrogen-bond acceptors (Lipinski definition) is 2. The Balaban J connectivity index is 2.20. The second-order valence-electron chi connectivity index (χ2n) is 3.39. The maximum atomic E-state index is 10.1. The van der Waals surface area contributed by atoms with Crippen molar-refractivity contribution >= 4 is 5.97 Å². The van der Waals surface area contributed by atoms with Gasteiger partial charge in [-0.05, 0) is 18.9 Å². The highest BCUT2D eigenvalue weighted by molar-refractivity contribution is 5.79. The average Bonchev–Trinajstić information content (AvgIpc) is 2.35. The molecule has 0 aliphatic carbocycles. The summed E-state index contributed by atoms with van der Waals surface area (Å²) in [5.41, 5.74) is 0. The van der Waals surface area contributed by atoms with E-state index in [2.05, 4.69) is 11.8 Å². The minimum atomic E-state index is -0.859. The second-order valence-corrected chi connectivity index (χ2v) is 3.39. The molecule has 1 heterocycles. The molecule has 1 saturated heterocycles. The first-order valence-electron chi connectivity index (χ1n) is 4.30. The highest BCUT2D eigenvalue weighted by atomic mass is 16.4. The number of rotatable bonds is 3. The van der Waals surface area contributed by atoms with E-state index >= 15 is 0 Å². The smallest absolute Gasteiger partial charge is 0.328 e. The van der Waals surface area contributed by atoms with E-state index in [1.807, 2.05) is 0 Å². The molecule has 1 rings (SSSR count). The number of carboxylic acid groups (broad SMARTS) is 1. The molecule has 3 nitrogen and oxygen atoms in total. The summed E-state index contributed by atoms with van der Waals surface area (Å²) in [6.45, 7) is 5.20. The standard InChI is InChI=1S/C9H15NO2/c1-8-4-6-10(7-8)5-2-3-9(11)12/h2-3,8H,4-7H2,1H3,(H,11,12)/b3-2+. The van der Waals surface area contributed by atoms with Crippen LogP contribution in [-0.4, -0.2) is 35.6 Å². The highest BCUT2D eigenvalue weighted by Gasteiger charge is 2.16. The van der Waals surface area contributed by atoms with Crippen LogP contribution in [0.4, 0.5) is 0 Å². The van der Waals surface area contributed by atoms with Gasteiger partial charge in [0.1, 0.15) is 0 Å². The van der Waals surface area contributed by atoms with Crippen molar-refractivity contribution < 1.29 is 9.90 Å². The molecule has 3 heteroatoms. The first-order valence-corrected chi connectivity index (χ1v) is 4.30. The van der Waals surface area contributed by atoms with E-state index in [9.17, 15) is 4.79 Å². The van der Waals surface area contributed by atoms with Gasteiger partial charge in [0.25, 0.3) is 0 Å². The van der Waals surface area contributed by atoms with E-state index in [0.29, 0.717) is 0 Å². The molecule has 1 unspecified atom stereocenters. The van der Waals surface area contributed by atoms with Gasteiger partial charge in [0.05, 0.1) is 0 Å². The van der Waals surface area contributed by atoms with Gasteiger partial charge in [0, 0.05) is 19.2 Å². The van der Waals surface area contributed by atoms with E-state index in [1.165, 1.54) is 12.5 Å². The van der Waals surface area contributed by atoms with Gasteiger partial charge in [-0.2, -0.15) is 0 Å². The molecule has 0 radical (unpaired) electrons. The summed E-state index contributed by atoms with van der Waals surface area (Å²) in [6.07, 6.45) is 4.16. The van der Waals surface area contributed by atoms with E-state index < -0.39 is 5.97 Å². The van der Waals surface area contributed by atoms with Crippen molar-refractivity contribution in [3.63, 3.8) is 0 Å². The summed E-state index contributed by atoms with van der Waals surface area (Å²) in [4.78, 5) is 12.4. The Hall–Kier alpha value is -0.830. The maximum Gasteiger partial charge on any atom is 0.328 e. The van der Waals surface area contributed by atoms with Crippen molar-refractivity contribution in [3.8, 4) is 0 Å². The summed E-state index contributed by atoms with van der Waals surface area (Å²) in [5.74, 6) is -0.0922. The van der Waals surface area contributed by atoms with Gasteiger partial charge < -0.3 is 5.11 Å². The second kappa shape index (κ2) is 4.26. The first kappa shape index (κ1) is 9.26. The molecule has 0 spiro atoms. The van der Waals surface area contributed by atoms with Crippen LogP contribution in [0.2, 0.25) is 0 Å². The zero-order valence-electron chi connectivity index (χ0n) is 7.36. The van der Waals surface area contributed by atoms with Crippen molar-refractivity contribution in [2.24, 2.45) is 5.92 Å². The molecule has 1 aliphatic rings. The van der Waals surface area contributed by atoms with Crippen LogP contribution in [0.3, 0.4) is 0 Å². The summed E-state index contributed by atoms with van der Waals surface area (Å²) in [5, 5.41) is 8.33. The fourth-order valence-corrected chi connectivity index (χ4v) is 1.49. The third-order valence-corrected chi connectivity index (χ3v) is 2.13. The van der Waals surface area contributed by atoms with Crippen LogP contribution in [0.1, 0.15) is 13.3 Å². The van der Waals surface area contributed by atoms with Crippen LogP contribution in [0.15, 0.2) is 12.2 Å². The fourth-order valence-electron chi connectivity index (χ4n) is 1.49. The molecule has 68 valence electrons. The van der Waals surface area contributed by atoms with Crippen molar-refractivity contribution in [2.45, 2.75) is 13.3 Å². The monoisotopic (exact) mass is 169 g/mol. The summed E-state index contributed by atoms with van der Waals surface area (Å²) in [6, 6.07) is 0. The Morgan fingerprint density at radius 2 is 2.50 bits per heavy atom. The molecule has 1 N–H and O–H groups in total. The first-order chi connectivity index (χ1) is 5.68. The van der Waals surface area contributed by atoms with Crippen molar-refractivity contribution in [1.29, 1.82) is 0 Å². The third-order valence-electron chi connectivity index (χ3n) is 2.13. The molecule has 1 atom stereocenters. The molecule has 0 bridgehead atoms. The van der Waals surface area contributed by atoms with Crippen LogP contribution in [0.25, 0.3) is 0 Å². The molecule has 12 heavy (non-hydrogen) atoms. The van der Waals surface area contributed by atoms with E-state index in [0.717, 1.165) is 25.6 Å². The molecule has 0 aromatic carbocycles. The normalized spacial score (nSPS) is 25.2. The quantitative estimate of drug-likeness (QED) is 0.640. The Kier molecular flexibility index (Phi) is 3.29. The van der Waals surface area contributed by atoms with E-state index in [1.54, 1.807) is 6.08 Å². The molecule has 1 aliphatic heterocycles. The molecular weight excluding hydrogens is 154 g/mol. The predicted octanol–water partition coefficient (Wildman–Crippen LogP) is 0.969. The number of carboxylic acids is 1. The van der Waals surface area contributed by atoms with Gasteiger partial charge in [0.15, 0.2) is 0 Å². The number of hydrogen-bond donors (Lipinski definition) is 1. The van der Waals surface area contributed by atoms with Crippen LogP contribution in [-0.2, 0) is 4.79 Å². The summed E-state index contributed by atoms with van der Waals surface area (Å²) >= 11 is 0. The molecular formula is C9H15NO2. The summed E-state index contributed by atoms with van der Waals surface area (Å²) < 4.78 is 0. The average molecular weight is 169 g/mol. The van der Waals surface area contributed by atoms with Gasteiger partial charge in [-0.15, -0.1) is 0 Å². The number of likely N-dealkylation sites (tertiary alicyclic amines) is 1. The van der Waals surface area contributed by atoms with Crippen LogP contribution < -0.4 is 0 Å². The molecule has 0 amide bonds. The Labute approximate surface area is 72.7 Å². The van der Waals surface area contributed by atoms with Gasteiger partial charge in [-0.25, -0.2) is 4.79 Å². The predicted molar refractivity (Wildman–Crippen MR) is 47.0 cm³/mol. The van der Waals surface area contributed by atoms with E-state index in [-0.39, 0.29) is 0 Å². The largest absolute Gasteiger partial charge is 0.478 e. The van der Waals surface area contributed by atoms with Crippen molar-refractivity contribution in [3.05, 3.63) is 12.2 Å². The lowest BCUT2D eigenvalue weighted by atomic mass is 10.2. The Morgan fingerprint density at radius 3 is 3.00 bits per heavy atom. The zero-order valence-corrected chi connectivity index (χ0v) is 7.36. The van der Waals surface area contributed by atoms with Gasteiger partial charge >= 0.3 is 5.97 Å². The van der Waals surface area contributed by atoms with Crippen LogP contribution >= 0.6 is 0 Å². The van der Waals surface area contributed by atoms with Crippen molar-refractivity contribution in [2.75, 3.05) is 19.6 Å². The summed E-state index contributed by atoms with van der Waals surface area (Å²) in [7, 11) is 0. The number of nitrogens with zero attached hydrogens (tertiary/aromatic N) is 1. The van der Waals surface area contributed by atoms with Crippen molar-refractivity contribution in [1.82, 2.24) is 4.90 Å². The highest BCUT2D eigenvalue weighted by Crippen LogP contribution is 2.13. The lowest BCUT2D eigenvalue weighted by molar-refractivity contribution is -0.131. The molecule has 0 saturated carbocycles. The lowest BCUT2D eigenvalue weighted by Crippen LogP contribution is -2.20. The topological polar surface area (TPSA) is 40.5 Å². The zero-order chi connectivity index (χ0) is 8.97. The van der Waals surface area contributed by atoms with Gasteiger partial charge in [-0.1, -0.05) is 13.0 Å². The van der Waals surface area contributed by atoms with Crippen LogP contribution in [0, 0.1) is 5.92 Å². The number of aliphatic carboxylic acids is 1. The molecule has 0 aromatic rings. The van der Waals surface area contributed by atoms with Gasteiger partial charge in [0.2, 0.25) is 0 Å². The number of carbonyl (C=O) groups is 1. The van der Waals surface area contributed by atoms with E-state index in [4.69, 9.17) is 5.11 Å². The molecule has 1 fully saturated rings. The lowest BCUT2D eigenvalue weighted by Gasteiger charge is -2.10. The maximum absolute atomic E-state index is 10.1.